The van der Waals surface area contributed by atoms with Crippen molar-refractivity contribution in [2.75, 3.05) is 32.8 Å². The van der Waals surface area contributed by atoms with E-state index in [9.17, 15) is 18.8 Å². The fourth-order valence-electron chi connectivity index (χ4n) is 6.86. The van der Waals surface area contributed by atoms with Crippen LogP contribution < -0.4 is 11.1 Å². The van der Waals surface area contributed by atoms with E-state index < -0.39 is 11.9 Å². The predicted octanol–water partition coefficient (Wildman–Crippen LogP) is 4.31. The lowest BCUT2D eigenvalue weighted by Gasteiger charge is -2.43. The van der Waals surface area contributed by atoms with E-state index in [0.717, 1.165) is 44.1 Å². The summed E-state index contributed by atoms with van der Waals surface area (Å²) in [6.45, 7) is 4.65. The van der Waals surface area contributed by atoms with Crippen LogP contribution in [0.15, 0.2) is 48.5 Å². The number of halogens is 1. The van der Waals surface area contributed by atoms with E-state index in [0.29, 0.717) is 68.6 Å². The Morgan fingerprint density at radius 3 is 2.42 bits per heavy atom. The number of nitrogens with two attached hydrogens (primary N) is 1. The molecule has 8 nitrogen and oxygen atoms in total. The van der Waals surface area contributed by atoms with Gasteiger partial charge in [-0.15, -0.1) is 0 Å². The van der Waals surface area contributed by atoms with Gasteiger partial charge in [-0.3, -0.25) is 14.4 Å². The molecule has 1 saturated carbocycles. The molecule has 3 amide bonds. The highest BCUT2D eigenvalue weighted by Gasteiger charge is 2.41. The largest absolute Gasteiger partial charge is 0.376 e. The molecule has 0 aromatic heterocycles. The number of hydrogen-bond acceptors (Lipinski definition) is 5. The molecule has 5 rings (SSSR count). The SMILES string of the molecule is Cc1cccc(C(=O)N(CC2CCCO2)C2CCN(C(=O)c3ccc(F)cc3)[C@@H](C(=O)NCC3CCC(CN)CC3)C2)c1. The van der Waals surface area contributed by atoms with Crippen LogP contribution in [0.1, 0.15) is 77.6 Å². The molecule has 2 aromatic rings. The minimum atomic E-state index is -0.756. The number of benzene rings is 2. The first-order valence-electron chi connectivity index (χ1n) is 15.9. The van der Waals surface area contributed by atoms with Gasteiger partial charge >= 0.3 is 0 Å². The van der Waals surface area contributed by atoms with Gasteiger partial charge in [-0.05, 0) is 113 Å². The summed E-state index contributed by atoms with van der Waals surface area (Å²) in [6, 6.07) is 12.0. The van der Waals surface area contributed by atoms with Gasteiger partial charge in [0.15, 0.2) is 0 Å². The van der Waals surface area contributed by atoms with E-state index in [1.165, 1.54) is 24.3 Å². The molecule has 1 aliphatic carbocycles. The van der Waals surface area contributed by atoms with Gasteiger partial charge in [-0.2, -0.15) is 0 Å². The zero-order chi connectivity index (χ0) is 30.3. The summed E-state index contributed by atoms with van der Waals surface area (Å²) < 4.78 is 19.6. The average Bonchev–Trinajstić information content (AvgIpc) is 3.55. The number of amides is 3. The summed E-state index contributed by atoms with van der Waals surface area (Å²) in [5.41, 5.74) is 7.81. The smallest absolute Gasteiger partial charge is 0.254 e. The first kappa shape index (κ1) is 31.1. The highest BCUT2D eigenvalue weighted by molar-refractivity contribution is 5.98. The van der Waals surface area contributed by atoms with E-state index in [4.69, 9.17) is 10.5 Å². The second-order valence-corrected chi connectivity index (χ2v) is 12.5. The zero-order valence-corrected chi connectivity index (χ0v) is 25.2. The Balaban J connectivity index is 1.36. The van der Waals surface area contributed by atoms with Gasteiger partial charge in [0.1, 0.15) is 11.9 Å². The lowest BCUT2D eigenvalue weighted by molar-refractivity contribution is -0.127. The van der Waals surface area contributed by atoms with Crippen LogP contribution in [0.25, 0.3) is 0 Å². The molecule has 0 radical (unpaired) electrons. The quantitative estimate of drug-likeness (QED) is 0.452. The Hall–Kier alpha value is -3.30. The Morgan fingerprint density at radius 1 is 1.00 bits per heavy atom. The molecular weight excluding hydrogens is 547 g/mol. The number of ether oxygens (including phenoxy) is 1. The molecule has 2 aromatic carbocycles. The lowest BCUT2D eigenvalue weighted by atomic mass is 9.82. The third-order valence-electron chi connectivity index (χ3n) is 9.49. The number of piperidine rings is 1. The Kier molecular flexibility index (Phi) is 10.5. The lowest BCUT2D eigenvalue weighted by Crippen LogP contribution is -2.59. The van der Waals surface area contributed by atoms with Crippen molar-refractivity contribution in [3.05, 3.63) is 71.0 Å². The van der Waals surface area contributed by atoms with Crippen molar-refractivity contribution in [2.45, 2.75) is 76.5 Å². The summed E-state index contributed by atoms with van der Waals surface area (Å²) in [5.74, 6) is -0.0902. The molecule has 2 aliphatic heterocycles. The number of likely N-dealkylation sites (tertiary alicyclic amines) is 1. The van der Waals surface area contributed by atoms with Crippen LogP contribution in [0, 0.1) is 24.6 Å². The maximum atomic E-state index is 14.0. The Labute approximate surface area is 254 Å². The summed E-state index contributed by atoms with van der Waals surface area (Å²) >= 11 is 0. The number of hydrogen-bond donors (Lipinski definition) is 2. The molecule has 2 unspecified atom stereocenters. The molecule has 2 saturated heterocycles. The number of nitrogens with zero attached hydrogens (tertiary/aromatic N) is 2. The van der Waals surface area contributed by atoms with Gasteiger partial charge in [-0.1, -0.05) is 17.7 Å². The third kappa shape index (κ3) is 7.81. The van der Waals surface area contributed by atoms with Crippen molar-refractivity contribution < 1.29 is 23.5 Å². The first-order valence-corrected chi connectivity index (χ1v) is 15.9. The maximum Gasteiger partial charge on any atom is 0.254 e. The van der Waals surface area contributed by atoms with Gasteiger partial charge in [0.2, 0.25) is 5.91 Å². The standard InChI is InChI=1S/C34H45FN4O4/c1-23-4-2-5-27(18-23)34(42)39(22-30-6-3-17-43-30)29-15-16-38(33(41)26-11-13-28(35)14-12-26)31(19-29)32(40)37-21-25-9-7-24(20-36)8-10-25/h2,4-5,11-14,18,24-25,29-31H,3,6-10,15-17,19-22,36H2,1H3,(H,37,40)/t24?,25?,29?,30?,31-/m1/s1. The minimum absolute atomic E-state index is 0.0523. The Bertz CT molecular complexity index is 1260. The molecule has 0 spiro atoms. The molecule has 3 aliphatic rings. The summed E-state index contributed by atoms with van der Waals surface area (Å²) in [5, 5.41) is 3.15. The summed E-state index contributed by atoms with van der Waals surface area (Å²) in [6.07, 6.45) is 6.82. The second-order valence-electron chi connectivity index (χ2n) is 12.5. The van der Waals surface area contributed by atoms with Crippen molar-refractivity contribution in [3.63, 3.8) is 0 Å². The number of carbonyl (C=O) groups excluding carboxylic acids is 3. The number of nitrogens with one attached hydrogen (secondary N) is 1. The van der Waals surface area contributed by atoms with Crippen LogP contribution in [-0.2, 0) is 9.53 Å². The van der Waals surface area contributed by atoms with Crippen LogP contribution in [0.2, 0.25) is 0 Å². The van der Waals surface area contributed by atoms with Gasteiger partial charge in [0, 0.05) is 43.4 Å². The van der Waals surface area contributed by atoms with Crippen LogP contribution in [-0.4, -0.2) is 78.5 Å². The van der Waals surface area contributed by atoms with E-state index in [1.807, 2.05) is 36.1 Å². The van der Waals surface area contributed by atoms with E-state index >= 15 is 0 Å². The third-order valence-corrected chi connectivity index (χ3v) is 9.49. The van der Waals surface area contributed by atoms with Crippen molar-refractivity contribution in [3.8, 4) is 0 Å². The molecule has 232 valence electrons. The zero-order valence-electron chi connectivity index (χ0n) is 25.2. The average molecular weight is 593 g/mol. The fourth-order valence-corrected chi connectivity index (χ4v) is 6.86. The molecule has 43 heavy (non-hydrogen) atoms. The Morgan fingerprint density at radius 2 is 1.74 bits per heavy atom. The van der Waals surface area contributed by atoms with Crippen molar-refractivity contribution in [1.82, 2.24) is 15.1 Å². The van der Waals surface area contributed by atoms with E-state index in [1.54, 1.807) is 4.90 Å². The van der Waals surface area contributed by atoms with Crippen LogP contribution in [0.5, 0.6) is 0 Å². The van der Waals surface area contributed by atoms with E-state index in [-0.39, 0.29) is 29.9 Å². The summed E-state index contributed by atoms with van der Waals surface area (Å²) in [4.78, 5) is 44.9. The minimum Gasteiger partial charge on any atom is -0.376 e. The van der Waals surface area contributed by atoms with Crippen molar-refractivity contribution in [1.29, 1.82) is 0 Å². The summed E-state index contributed by atoms with van der Waals surface area (Å²) in [7, 11) is 0. The van der Waals surface area contributed by atoms with Crippen LogP contribution in [0.3, 0.4) is 0 Å². The van der Waals surface area contributed by atoms with Gasteiger partial charge in [0.25, 0.3) is 11.8 Å². The van der Waals surface area contributed by atoms with Gasteiger partial charge < -0.3 is 25.6 Å². The molecule has 0 bridgehead atoms. The van der Waals surface area contributed by atoms with Gasteiger partial charge in [-0.25, -0.2) is 4.39 Å². The van der Waals surface area contributed by atoms with Crippen LogP contribution in [0.4, 0.5) is 4.39 Å². The first-order chi connectivity index (χ1) is 20.8. The molecule has 2 heterocycles. The predicted molar refractivity (Wildman–Crippen MR) is 163 cm³/mol. The number of aryl methyl sites for hydroxylation is 1. The molecule has 9 heteroatoms. The van der Waals surface area contributed by atoms with Crippen molar-refractivity contribution in [2.24, 2.45) is 17.6 Å². The molecule has 3 N–H and O–H groups in total. The molecular formula is C34H45FN4O4. The fraction of sp³-hybridized carbons (Fsp3) is 0.559. The highest BCUT2D eigenvalue weighted by Crippen LogP contribution is 2.30. The van der Waals surface area contributed by atoms with Crippen LogP contribution >= 0.6 is 0 Å². The monoisotopic (exact) mass is 592 g/mol. The second kappa shape index (κ2) is 14.4. The number of carbonyl (C=O) groups is 3. The van der Waals surface area contributed by atoms with Gasteiger partial charge in [0.05, 0.1) is 6.10 Å². The molecule has 3 atom stereocenters. The van der Waals surface area contributed by atoms with E-state index in [2.05, 4.69) is 5.32 Å². The maximum absolute atomic E-state index is 14.0. The van der Waals surface area contributed by atoms with Crippen molar-refractivity contribution >= 4 is 17.7 Å². The molecule has 3 fully saturated rings. The normalized spacial score (nSPS) is 25.7. The topological polar surface area (TPSA) is 105 Å². The number of rotatable bonds is 9. The highest BCUT2D eigenvalue weighted by atomic mass is 19.1.